The Balaban J connectivity index is 1.72. The van der Waals surface area contributed by atoms with Crippen LogP contribution in [-0.2, 0) is 11.2 Å². The van der Waals surface area contributed by atoms with Crippen LogP contribution >= 0.6 is 0 Å². The van der Waals surface area contributed by atoms with Crippen LogP contribution < -0.4 is 9.47 Å². The Morgan fingerprint density at radius 1 is 0.793 bits per heavy atom. The van der Waals surface area contributed by atoms with Gasteiger partial charge >= 0.3 is 5.97 Å². The Labute approximate surface area is 169 Å². The van der Waals surface area contributed by atoms with E-state index in [4.69, 9.17) is 14.2 Å². The number of rotatable bonds is 8. The van der Waals surface area contributed by atoms with E-state index in [0.717, 1.165) is 11.1 Å². The van der Waals surface area contributed by atoms with Crippen molar-refractivity contribution >= 4 is 11.8 Å². The SMILES string of the molecule is COc1ccc(OC)c(C(=O)COC(=O)c2ccccc2Cc2ccccc2)c1. The maximum Gasteiger partial charge on any atom is 0.338 e. The van der Waals surface area contributed by atoms with Crippen LogP contribution in [0.1, 0.15) is 31.8 Å². The minimum atomic E-state index is -0.535. The Hall–Kier alpha value is -3.60. The van der Waals surface area contributed by atoms with Gasteiger partial charge in [-0.1, -0.05) is 48.5 Å². The van der Waals surface area contributed by atoms with Crippen molar-refractivity contribution in [2.75, 3.05) is 20.8 Å². The highest BCUT2D eigenvalue weighted by molar-refractivity contribution is 6.02. The molecule has 0 saturated heterocycles. The van der Waals surface area contributed by atoms with E-state index in [-0.39, 0.29) is 12.4 Å². The number of carbonyl (C=O) groups is 2. The highest BCUT2D eigenvalue weighted by atomic mass is 16.5. The summed E-state index contributed by atoms with van der Waals surface area (Å²) in [5, 5.41) is 0. The van der Waals surface area contributed by atoms with Gasteiger partial charge in [-0.15, -0.1) is 0 Å². The van der Waals surface area contributed by atoms with Gasteiger partial charge < -0.3 is 14.2 Å². The predicted octanol–water partition coefficient (Wildman–Crippen LogP) is 4.33. The Kier molecular flexibility index (Phi) is 6.63. The zero-order chi connectivity index (χ0) is 20.6. The summed E-state index contributed by atoms with van der Waals surface area (Å²) in [4.78, 5) is 25.2. The van der Waals surface area contributed by atoms with Crippen molar-refractivity contribution in [2.45, 2.75) is 6.42 Å². The zero-order valence-corrected chi connectivity index (χ0v) is 16.4. The van der Waals surface area contributed by atoms with Crippen molar-refractivity contribution in [1.29, 1.82) is 0 Å². The lowest BCUT2D eigenvalue weighted by Crippen LogP contribution is -2.16. The quantitative estimate of drug-likeness (QED) is 0.423. The molecule has 29 heavy (non-hydrogen) atoms. The highest BCUT2D eigenvalue weighted by Gasteiger charge is 2.18. The number of hydrogen-bond acceptors (Lipinski definition) is 5. The van der Waals surface area contributed by atoms with E-state index >= 15 is 0 Å². The minimum Gasteiger partial charge on any atom is -0.497 e. The van der Waals surface area contributed by atoms with Gasteiger partial charge in [0.15, 0.2) is 6.61 Å². The van der Waals surface area contributed by atoms with E-state index in [1.54, 1.807) is 30.3 Å². The van der Waals surface area contributed by atoms with Crippen LogP contribution in [0.5, 0.6) is 11.5 Å². The van der Waals surface area contributed by atoms with Gasteiger partial charge in [0.1, 0.15) is 11.5 Å². The van der Waals surface area contributed by atoms with Crippen LogP contribution in [0, 0.1) is 0 Å². The number of ketones is 1. The Morgan fingerprint density at radius 2 is 1.52 bits per heavy atom. The van der Waals surface area contributed by atoms with Gasteiger partial charge in [0, 0.05) is 0 Å². The summed E-state index contributed by atoms with van der Waals surface area (Å²) in [6.45, 7) is -0.387. The molecule has 0 aliphatic rings. The van der Waals surface area contributed by atoms with Crippen molar-refractivity contribution in [3.8, 4) is 11.5 Å². The first-order chi connectivity index (χ1) is 14.1. The largest absolute Gasteiger partial charge is 0.497 e. The van der Waals surface area contributed by atoms with Crippen LogP contribution in [0.2, 0.25) is 0 Å². The van der Waals surface area contributed by atoms with Crippen molar-refractivity contribution in [3.63, 3.8) is 0 Å². The fourth-order valence-corrected chi connectivity index (χ4v) is 3.01. The van der Waals surface area contributed by atoms with E-state index in [9.17, 15) is 9.59 Å². The predicted molar refractivity (Wildman–Crippen MR) is 110 cm³/mol. The molecule has 0 aromatic heterocycles. The second-order valence-corrected chi connectivity index (χ2v) is 6.39. The molecule has 0 bridgehead atoms. The summed E-state index contributed by atoms with van der Waals surface area (Å²) >= 11 is 0. The first-order valence-electron chi connectivity index (χ1n) is 9.16. The third-order valence-electron chi connectivity index (χ3n) is 4.52. The normalized spacial score (nSPS) is 10.3. The molecule has 0 heterocycles. The number of Topliss-reactive ketones (excluding diaryl/α,β-unsaturated/α-hetero) is 1. The van der Waals surface area contributed by atoms with Crippen LogP contribution in [0.25, 0.3) is 0 Å². The fourth-order valence-electron chi connectivity index (χ4n) is 3.01. The number of carbonyl (C=O) groups excluding carboxylic acids is 2. The molecule has 148 valence electrons. The van der Waals surface area contributed by atoms with Crippen LogP contribution in [0.4, 0.5) is 0 Å². The fraction of sp³-hybridized carbons (Fsp3) is 0.167. The molecule has 0 aliphatic heterocycles. The van der Waals surface area contributed by atoms with Crippen molar-refractivity contribution in [3.05, 3.63) is 95.1 Å². The monoisotopic (exact) mass is 390 g/mol. The molecule has 0 aliphatic carbocycles. The van der Waals surface area contributed by atoms with Gasteiger partial charge in [-0.25, -0.2) is 4.79 Å². The molecule has 0 unspecified atom stereocenters. The Bertz CT molecular complexity index is 995. The summed E-state index contributed by atoms with van der Waals surface area (Å²) in [5.41, 5.74) is 2.68. The van der Waals surface area contributed by atoms with E-state index in [0.29, 0.717) is 29.0 Å². The van der Waals surface area contributed by atoms with Gasteiger partial charge in [-0.3, -0.25) is 4.79 Å². The molecule has 3 aromatic rings. The lowest BCUT2D eigenvalue weighted by Gasteiger charge is -2.11. The lowest BCUT2D eigenvalue weighted by atomic mass is 10.00. The molecule has 0 N–H and O–H groups in total. The number of hydrogen-bond donors (Lipinski definition) is 0. The summed E-state index contributed by atoms with van der Waals surface area (Å²) in [6, 6.07) is 22.0. The van der Waals surface area contributed by atoms with Gasteiger partial charge in [-0.05, 0) is 41.8 Å². The van der Waals surface area contributed by atoms with Gasteiger partial charge in [0.2, 0.25) is 5.78 Å². The molecular weight excluding hydrogens is 368 g/mol. The first kappa shape index (κ1) is 20.1. The molecule has 5 heteroatoms. The number of methoxy groups -OCH3 is 2. The van der Waals surface area contributed by atoms with Crippen molar-refractivity contribution < 1.29 is 23.8 Å². The van der Waals surface area contributed by atoms with Gasteiger partial charge in [0.25, 0.3) is 0 Å². The number of benzene rings is 3. The van der Waals surface area contributed by atoms with Gasteiger partial charge in [0.05, 0.1) is 25.3 Å². The van der Waals surface area contributed by atoms with Crippen molar-refractivity contribution in [2.24, 2.45) is 0 Å². The maximum atomic E-state index is 12.6. The van der Waals surface area contributed by atoms with Crippen LogP contribution in [0.15, 0.2) is 72.8 Å². The number of ether oxygens (including phenoxy) is 3. The molecule has 0 atom stereocenters. The van der Waals surface area contributed by atoms with E-state index in [1.165, 1.54) is 14.2 Å². The standard InChI is InChI=1S/C24H22O5/c1-27-19-12-13-23(28-2)21(15-19)22(25)16-29-24(26)20-11-7-6-10-18(20)14-17-8-4-3-5-9-17/h3-13,15H,14,16H2,1-2H3. The molecule has 0 fully saturated rings. The molecule has 3 rings (SSSR count). The smallest absolute Gasteiger partial charge is 0.338 e. The topological polar surface area (TPSA) is 61.8 Å². The molecule has 0 amide bonds. The maximum absolute atomic E-state index is 12.6. The van der Waals surface area contributed by atoms with Crippen LogP contribution in [0.3, 0.4) is 0 Å². The Morgan fingerprint density at radius 3 is 2.24 bits per heavy atom. The third kappa shape index (κ3) is 5.02. The summed E-state index contributed by atoms with van der Waals surface area (Å²) in [6.07, 6.45) is 0.601. The molecule has 0 saturated carbocycles. The summed E-state index contributed by atoms with van der Waals surface area (Å²) < 4.78 is 15.7. The molecule has 0 radical (unpaired) electrons. The molecular formula is C24H22O5. The lowest BCUT2D eigenvalue weighted by molar-refractivity contribution is 0.0473. The summed E-state index contributed by atoms with van der Waals surface area (Å²) in [7, 11) is 2.99. The van der Waals surface area contributed by atoms with Crippen LogP contribution in [-0.4, -0.2) is 32.6 Å². The first-order valence-corrected chi connectivity index (χ1v) is 9.16. The van der Waals surface area contributed by atoms with Crippen molar-refractivity contribution in [1.82, 2.24) is 0 Å². The van der Waals surface area contributed by atoms with E-state index in [2.05, 4.69) is 0 Å². The minimum absolute atomic E-state index is 0.303. The second kappa shape index (κ2) is 9.55. The van der Waals surface area contributed by atoms with Gasteiger partial charge in [-0.2, -0.15) is 0 Å². The average Bonchev–Trinajstić information content (AvgIpc) is 2.77. The molecule has 0 spiro atoms. The zero-order valence-electron chi connectivity index (χ0n) is 16.4. The second-order valence-electron chi connectivity index (χ2n) is 6.39. The average molecular weight is 390 g/mol. The molecule has 5 nitrogen and oxygen atoms in total. The van der Waals surface area contributed by atoms with E-state index in [1.807, 2.05) is 42.5 Å². The molecule has 3 aromatic carbocycles. The summed E-state index contributed by atoms with van der Waals surface area (Å²) in [5.74, 6) is 0.0198. The van der Waals surface area contributed by atoms with E-state index < -0.39 is 5.97 Å². The third-order valence-corrected chi connectivity index (χ3v) is 4.52. The highest BCUT2D eigenvalue weighted by Crippen LogP contribution is 2.24. The number of esters is 1.